The van der Waals surface area contributed by atoms with Crippen molar-refractivity contribution in [3.05, 3.63) is 91.0 Å². The van der Waals surface area contributed by atoms with Crippen molar-refractivity contribution in [1.29, 1.82) is 0 Å². The third-order valence-electron chi connectivity index (χ3n) is 3.36. The molecular weight excluding hydrogens is 293 g/mol. The number of hydrogen-bond acceptors (Lipinski definition) is 1. The van der Waals surface area contributed by atoms with Gasteiger partial charge in [-0.05, 0) is 0 Å². The first-order valence-corrected chi connectivity index (χ1v) is 8.29. The van der Waals surface area contributed by atoms with E-state index in [1.807, 2.05) is 91.0 Å². The van der Waals surface area contributed by atoms with E-state index in [2.05, 4.69) is 0 Å². The Kier molecular flexibility index (Phi) is 7.94. The minimum absolute atomic E-state index is 0. The van der Waals surface area contributed by atoms with Crippen LogP contribution >= 0.6 is 7.14 Å². The van der Waals surface area contributed by atoms with Crippen LogP contribution < -0.4 is 15.9 Å². The van der Waals surface area contributed by atoms with Crippen LogP contribution in [-0.4, -0.2) is 48.4 Å². The second kappa shape index (κ2) is 8.95. The van der Waals surface area contributed by atoms with Crippen LogP contribution in [0.15, 0.2) is 91.0 Å². The first-order chi connectivity index (χ1) is 9.82. The number of hydrogen-bond donors (Lipinski definition) is 0. The van der Waals surface area contributed by atoms with Crippen LogP contribution in [0.1, 0.15) is 0 Å². The third-order valence-corrected chi connectivity index (χ3v) is 6.44. The molecule has 0 saturated heterocycles. The summed E-state index contributed by atoms with van der Waals surface area (Å²) in [6.45, 7) is 0. The standard InChI is InChI=1S/C18H15OP.Li.Na.2H/c19-20(16-10-4-1-5-11-16,17-12-6-2-7-13-17)18-14-8-3-9-15-18;;;;/h1-15H;;;;. The molecule has 0 N–H and O–H groups in total. The van der Waals surface area contributed by atoms with E-state index in [1.54, 1.807) is 0 Å². The van der Waals surface area contributed by atoms with Gasteiger partial charge in [0.05, 0.1) is 0 Å². The van der Waals surface area contributed by atoms with E-state index in [-0.39, 0.29) is 48.4 Å². The zero-order valence-corrected chi connectivity index (χ0v) is 11.9. The Morgan fingerprint density at radius 2 is 0.727 bits per heavy atom. The molecular formula is C18H17LiNaOP. The van der Waals surface area contributed by atoms with E-state index in [4.69, 9.17) is 0 Å². The van der Waals surface area contributed by atoms with Crippen LogP contribution in [0.2, 0.25) is 0 Å². The van der Waals surface area contributed by atoms with Gasteiger partial charge in [-0.3, -0.25) is 0 Å². The fourth-order valence-electron chi connectivity index (χ4n) is 2.36. The molecule has 0 radical (unpaired) electrons. The SMILES string of the molecule is O=P(c1ccccc1)(c1ccccc1)c1ccccc1.[LiH].[NaH]. The molecule has 0 aromatic heterocycles. The summed E-state index contributed by atoms with van der Waals surface area (Å²) in [5.74, 6) is 0. The molecule has 0 saturated carbocycles. The number of benzene rings is 3. The molecule has 0 fully saturated rings. The summed E-state index contributed by atoms with van der Waals surface area (Å²) in [5, 5.41) is 2.62. The van der Waals surface area contributed by atoms with Gasteiger partial charge in [0.15, 0.2) is 7.14 Å². The molecule has 0 aliphatic carbocycles. The maximum atomic E-state index is 13.8. The molecule has 0 bridgehead atoms. The van der Waals surface area contributed by atoms with E-state index < -0.39 is 7.14 Å². The molecule has 0 aliphatic rings. The summed E-state index contributed by atoms with van der Waals surface area (Å²) in [5.41, 5.74) is 0. The molecule has 0 unspecified atom stereocenters. The van der Waals surface area contributed by atoms with Gasteiger partial charge in [-0.2, -0.15) is 0 Å². The summed E-state index contributed by atoms with van der Waals surface area (Å²) in [6, 6.07) is 29.1. The molecule has 0 heterocycles. The van der Waals surface area contributed by atoms with Crippen LogP contribution in [-0.2, 0) is 4.57 Å². The molecule has 22 heavy (non-hydrogen) atoms. The molecule has 3 rings (SSSR count). The van der Waals surface area contributed by atoms with Crippen molar-refractivity contribution in [2.45, 2.75) is 0 Å². The van der Waals surface area contributed by atoms with Crippen molar-refractivity contribution >= 4 is 71.5 Å². The molecule has 3 aromatic carbocycles. The van der Waals surface area contributed by atoms with Gasteiger partial charge < -0.3 is 4.57 Å². The van der Waals surface area contributed by atoms with Crippen LogP contribution in [0.5, 0.6) is 0 Å². The Morgan fingerprint density at radius 1 is 0.500 bits per heavy atom. The monoisotopic (exact) mass is 310 g/mol. The van der Waals surface area contributed by atoms with Gasteiger partial charge in [-0.1, -0.05) is 91.0 Å². The van der Waals surface area contributed by atoms with E-state index in [9.17, 15) is 4.57 Å². The summed E-state index contributed by atoms with van der Waals surface area (Å²) < 4.78 is 13.8. The molecule has 0 atom stereocenters. The van der Waals surface area contributed by atoms with Crippen LogP contribution in [0.25, 0.3) is 0 Å². The van der Waals surface area contributed by atoms with Crippen molar-refractivity contribution in [1.82, 2.24) is 0 Å². The Bertz CT molecular complexity index is 629. The van der Waals surface area contributed by atoms with Crippen molar-refractivity contribution < 1.29 is 4.57 Å². The van der Waals surface area contributed by atoms with E-state index in [0.717, 1.165) is 15.9 Å². The summed E-state index contributed by atoms with van der Waals surface area (Å²) in [4.78, 5) is 0. The molecule has 0 amide bonds. The van der Waals surface area contributed by atoms with Gasteiger partial charge in [0, 0.05) is 15.9 Å². The van der Waals surface area contributed by atoms with Gasteiger partial charge in [0.25, 0.3) is 0 Å². The summed E-state index contributed by atoms with van der Waals surface area (Å²) >= 11 is 0. The van der Waals surface area contributed by atoms with Crippen molar-refractivity contribution in [3.8, 4) is 0 Å². The maximum absolute atomic E-state index is 13.8. The van der Waals surface area contributed by atoms with Crippen molar-refractivity contribution in [2.75, 3.05) is 0 Å². The predicted octanol–water partition coefficient (Wildman–Crippen LogP) is 2.03. The molecule has 102 valence electrons. The van der Waals surface area contributed by atoms with Crippen LogP contribution in [0, 0.1) is 0 Å². The first-order valence-electron chi connectivity index (χ1n) is 6.59. The molecule has 3 aromatic rings. The summed E-state index contributed by atoms with van der Waals surface area (Å²) in [6.07, 6.45) is 0. The zero-order valence-electron chi connectivity index (χ0n) is 11.0. The van der Waals surface area contributed by atoms with Crippen LogP contribution in [0.4, 0.5) is 0 Å². The van der Waals surface area contributed by atoms with E-state index in [1.165, 1.54) is 0 Å². The molecule has 1 nitrogen and oxygen atoms in total. The van der Waals surface area contributed by atoms with Gasteiger partial charge >= 0.3 is 48.4 Å². The van der Waals surface area contributed by atoms with Gasteiger partial charge in [-0.15, -0.1) is 0 Å². The Morgan fingerprint density at radius 3 is 0.955 bits per heavy atom. The Hall–Kier alpha value is -0.513. The first kappa shape index (κ1) is 19.5. The van der Waals surface area contributed by atoms with Crippen LogP contribution in [0.3, 0.4) is 0 Å². The average Bonchev–Trinajstić information content (AvgIpc) is 2.56. The Labute approximate surface area is 166 Å². The minimum atomic E-state index is -2.78. The summed E-state index contributed by atoms with van der Waals surface area (Å²) in [7, 11) is -2.78. The van der Waals surface area contributed by atoms with Gasteiger partial charge in [-0.25, -0.2) is 0 Å². The topological polar surface area (TPSA) is 17.1 Å². The average molecular weight is 310 g/mol. The molecule has 0 spiro atoms. The van der Waals surface area contributed by atoms with Crippen molar-refractivity contribution in [2.24, 2.45) is 0 Å². The van der Waals surface area contributed by atoms with E-state index >= 15 is 0 Å². The second-order valence-corrected chi connectivity index (χ2v) is 7.38. The Balaban J connectivity index is 0.00000121. The quantitative estimate of drug-likeness (QED) is 0.534. The van der Waals surface area contributed by atoms with E-state index in [0.29, 0.717) is 0 Å². The predicted molar refractivity (Wildman–Crippen MR) is 100 cm³/mol. The third kappa shape index (κ3) is 3.87. The fourth-order valence-corrected chi connectivity index (χ4v) is 5.03. The molecule has 4 heteroatoms. The van der Waals surface area contributed by atoms with Crippen molar-refractivity contribution in [3.63, 3.8) is 0 Å². The molecule has 0 aliphatic heterocycles. The normalized spacial score (nSPS) is 10.2. The fraction of sp³-hybridized carbons (Fsp3) is 0. The number of rotatable bonds is 3. The van der Waals surface area contributed by atoms with Gasteiger partial charge in [0.1, 0.15) is 0 Å². The second-order valence-electron chi connectivity index (χ2n) is 4.62. The zero-order chi connectivity index (χ0) is 13.8. The van der Waals surface area contributed by atoms with Gasteiger partial charge in [0.2, 0.25) is 0 Å².